The molecule has 22 heavy (non-hydrogen) atoms. The lowest BCUT2D eigenvalue weighted by Gasteiger charge is -2.29. The maximum atomic E-state index is 11.3. The smallest absolute Gasteiger partial charge is 0.337 e. The molecule has 0 bridgehead atoms. The van der Waals surface area contributed by atoms with Gasteiger partial charge in [-0.25, -0.2) is 9.79 Å². The van der Waals surface area contributed by atoms with Crippen LogP contribution in [0.1, 0.15) is 10.4 Å². The Morgan fingerprint density at radius 2 is 2.23 bits per heavy atom. The number of carboxylic acids is 1. The van der Waals surface area contributed by atoms with Gasteiger partial charge in [-0.15, -0.1) is 0 Å². The summed E-state index contributed by atoms with van der Waals surface area (Å²) < 4.78 is 5.31. The highest BCUT2D eigenvalue weighted by Crippen LogP contribution is 2.27. The Kier molecular flexibility index (Phi) is 5.63. The first-order valence-electron chi connectivity index (χ1n) is 6.63. The number of thioether (sulfide) groups is 1. The van der Waals surface area contributed by atoms with Crippen LogP contribution in [-0.2, 0) is 4.74 Å². The van der Waals surface area contributed by atoms with Crippen LogP contribution >= 0.6 is 11.8 Å². The molecule has 0 unspecified atom stereocenters. The van der Waals surface area contributed by atoms with Crippen LogP contribution in [0.5, 0.6) is 0 Å². The van der Waals surface area contributed by atoms with Crippen LogP contribution < -0.4 is 10.2 Å². The Morgan fingerprint density at radius 3 is 2.82 bits per heavy atom. The number of aromatic carboxylic acids is 1. The molecular weight excluding hydrogens is 304 g/mol. The topological polar surface area (TPSA) is 97.9 Å². The van der Waals surface area contributed by atoms with Gasteiger partial charge in [0, 0.05) is 18.8 Å². The Hall–Kier alpha value is -2.24. The average Bonchev–Trinajstić information content (AvgIpc) is 2.55. The van der Waals surface area contributed by atoms with E-state index in [0.29, 0.717) is 24.1 Å². The monoisotopic (exact) mass is 320 g/mol. The third-order valence-electron chi connectivity index (χ3n) is 3.17. The zero-order valence-corrected chi connectivity index (χ0v) is 12.9. The van der Waals surface area contributed by atoms with Crippen LogP contribution in [0, 0.1) is 11.5 Å². The van der Waals surface area contributed by atoms with Crippen molar-refractivity contribution in [2.45, 2.75) is 0 Å². The number of rotatable bonds is 3. The number of anilines is 1. The lowest BCUT2D eigenvalue weighted by Crippen LogP contribution is -2.36. The molecule has 1 aliphatic rings. The number of hydrogen-bond donors (Lipinski definition) is 2. The van der Waals surface area contributed by atoms with Crippen molar-refractivity contribution in [1.82, 2.24) is 5.32 Å². The van der Waals surface area contributed by atoms with Crippen molar-refractivity contribution in [3.63, 3.8) is 0 Å². The maximum absolute atomic E-state index is 11.3. The highest BCUT2D eigenvalue weighted by atomic mass is 32.2. The molecular formula is C14H16N4O3S. The number of nitriles is 1. The quantitative estimate of drug-likeness (QED) is 0.378. The molecule has 116 valence electrons. The number of amidine groups is 1. The number of morpholine rings is 1. The number of nitrogens with one attached hydrogen (secondary N) is 1. The highest BCUT2D eigenvalue weighted by Gasteiger charge is 2.16. The van der Waals surface area contributed by atoms with E-state index in [-0.39, 0.29) is 5.56 Å². The minimum atomic E-state index is -1.05. The molecule has 1 aromatic carbocycles. The second-order valence-corrected chi connectivity index (χ2v) is 5.26. The molecule has 0 amide bonds. The number of hydrogen-bond acceptors (Lipinski definition) is 6. The summed E-state index contributed by atoms with van der Waals surface area (Å²) in [6, 6.07) is 5.03. The van der Waals surface area contributed by atoms with Gasteiger partial charge in [-0.2, -0.15) is 5.26 Å². The van der Waals surface area contributed by atoms with Gasteiger partial charge in [0.15, 0.2) is 11.4 Å². The fraction of sp³-hybridized carbons (Fsp3) is 0.357. The van der Waals surface area contributed by atoms with E-state index in [0.717, 1.165) is 18.8 Å². The summed E-state index contributed by atoms with van der Waals surface area (Å²) in [5, 5.41) is 20.8. The second-order valence-electron chi connectivity index (χ2n) is 4.46. The fourth-order valence-corrected chi connectivity index (χ4v) is 2.43. The Bertz CT molecular complexity index is 621. The molecule has 1 fully saturated rings. The van der Waals surface area contributed by atoms with Gasteiger partial charge in [0.2, 0.25) is 0 Å². The van der Waals surface area contributed by atoms with Crippen molar-refractivity contribution < 1.29 is 14.6 Å². The lowest BCUT2D eigenvalue weighted by atomic mass is 10.1. The average molecular weight is 320 g/mol. The van der Waals surface area contributed by atoms with E-state index in [1.54, 1.807) is 24.6 Å². The zero-order valence-electron chi connectivity index (χ0n) is 12.1. The first-order chi connectivity index (χ1) is 10.7. The first-order valence-corrected chi connectivity index (χ1v) is 7.86. The molecule has 8 heteroatoms. The number of carbonyl (C=O) groups is 1. The molecule has 0 aliphatic carbocycles. The van der Waals surface area contributed by atoms with E-state index in [4.69, 9.17) is 10.00 Å². The van der Waals surface area contributed by atoms with Crippen molar-refractivity contribution in [2.24, 2.45) is 4.99 Å². The second kappa shape index (κ2) is 7.68. The molecule has 0 saturated carbocycles. The van der Waals surface area contributed by atoms with E-state index >= 15 is 0 Å². The summed E-state index contributed by atoms with van der Waals surface area (Å²) >= 11 is 1.24. The van der Waals surface area contributed by atoms with Crippen molar-refractivity contribution in [1.29, 1.82) is 5.26 Å². The third-order valence-corrected chi connectivity index (χ3v) is 3.75. The molecule has 2 N–H and O–H groups in total. The number of ether oxygens (including phenoxy) is 1. The van der Waals surface area contributed by atoms with Gasteiger partial charge >= 0.3 is 5.97 Å². The van der Waals surface area contributed by atoms with Gasteiger partial charge in [0.25, 0.3) is 0 Å². The maximum Gasteiger partial charge on any atom is 0.337 e. The van der Waals surface area contributed by atoms with Crippen LogP contribution in [0.2, 0.25) is 0 Å². The number of nitrogens with zero attached hydrogens (tertiary/aromatic N) is 3. The van der Waals surface area contributed by atoms with Gasteiger partial charge in [0.05, 0.1) is 24.5 Å². The summed E-state index contributed by atoms with van der Waals surface area (Å²) in [6.07, 6.45) is 3.55. The van der Waals surface area contributed by atoms with Gasteiger partial charge in [0.1, 0.15) is 0 Å². The minimum absolute atomic E-state index is 0.100. The molecule has 7 nitrogen and oxygen atoms in total. The van der Waals surface area contributed by atoms with Crippen molar-refractivity contribution in [2.75, 3.05) is 37.5 Å². The van der Waals surface area contributed by atoms with Gasteiger partial charge in [-0.3, -0.25) is 5.32 Å². The zero-order chi connectivity index (χ0) is 15.9. The largest absolute Gasteiger partial charge is 0.478 e. The van der Waals surface area contributed by atoms with E-state index in [2.05, 4.69) is 15.2 Å². The predicted octanol–water partition coefficient (Wildman–Crippen LogP) is 1.64. The Balaban J connectivity index is 2.39. The van der Waals surface area contributed by atoms with E-state index in [1.165, 1.54) is 17.8 Å². The van der Waals surface area contributed by atoms with Gasteiger partial charge < -0.3 is 14.7 Å². The van der Waals surface area contributed by atoms with Crippen LogP contribution in [0.25, 0.3) is 0 Å². The van der Waals surface area contributed by atoms with Crippen LogP contribution in [-0.4, -0.2) is 48.8 Å². The first kappa shape index (κ1) is 16.1. The Labute approximate surface area is 132 Å². The molecule has 1 aliphatic heterocycles. The highest BCUT2D eigenvalue weighted by molar-refractivity contribution is 8.13. The number of carboxylic acid groups (broad SMARTS) is 1. The molecule has 0 spiro atoms. The van der Waals surface area contributed by atoms with Crippen molar-refractivity contribution in [3.05, 3.63) is 23.8 Å². The minimum Gasteiger partial charge on any atom is -0.478 e. The predicted molar refractivity (Wildman–Crippen MR) is 85.8 cm³/mol. The summed E-state index contributed by atoms with van der Waals surface area (Å²) in [7, 11) is 0. The summed E-state index contributed by atoms with van der Waals surface area (Å²) in [5.41, 5.74) is 1.32. The summed E-state index contributed by atoms with van der Waals surface area (Å²) in [5.74, 6) is -1.05. The SMILES string of the molecule is CSC(=Nc1cc(N2CCOCC2)ccc1C(=O)O)NC#N. The van der Waals surface area contributed by atoms with E-state index < -0.39 is 5.97 Å². The summed E-state index contributed by atoms with van der Waals surface area (Å²) in [6.45, 7) is 2.79. The molecule has 1 aromatic rings. The van der Waals surface area contributed by atoms with Crippen LogP contribution in [0.15, 0.2) is 23.2 Å². The summed E-state index contributed by atoms with van der Waals surface area (Å²) in [4.78, 5) is 17.7. The van der Waals surface area contributed by atoms with E-state index in [9.17, 15) is 9.90 Å². The third kappa shape index (κ3) is 3.90. The standard InChI is InChI=1S/C14H16N4O3S/c1-22-14(16-9-15)17-12-8-10(2-3-11(12)13(19)20)18-4-6-21-7-5-18/h2-3,8H,4-7H2,1H3,(H,16,17)(H,19,20). The molecule has 0 atom stereocenters. The molecule has 1 heterocycles. The molecule has 2 rings (SSSR count). The number of benzene rings is 1. The molecule has 1 saturated heterocycles. The van der Waals surface area contributed by atoms with Gasteiger partial charge in [-0.1, -0.05) is 11.8 Å². The van der Waals surface area contributed by atoms with Crippen molar-refractivity contribution >= 4 is 34.3 Å². The van der Waals surface area contributed by atoms with Crippen LogP contribution in [0.3, 0.4) is 0 Å². The number of aliphatic imine (C=N–C) groups is 1. The molecule has 0 aromatic heterocycles. The van der Waals surface area contributed by atoms with Gasteiger partial charge in [-0.05, 0) is 24.5 Å². The molecule has 0 radical (unpaired) electrons. The van der Waals surface area contributed by atoms with Crippen molar-refractivity contribution in [3.8, 4) is 6.19 Å². The van der Waals surface area contributed by atoms with E-state index in [1.807, 2.05) is 0 Å². The lowest BCUT2D eigenvalue weighted by molar-refractivity contribution is 0.0698. The fourth-order valence-electron chi connectivity index (χ4n) is 2.09. The Morgan fingerprint density at radius 1 is 1.50 bits per heavy atom. The van der Waals surface area contributed by atoms with Crippen LogP contribution in [0.4, 0.5) is 11.4 Å². The normalized spacial score (nSPS) is 15.3.